The van der Waals surface area contributed by atoms with Crippen molar-refractivity contribution < 1.29 is 4.79 Å². The largest absolute Gasteiger partial charge is 0.336 e. The summed E-state index contributed by atoms with van der Waals surface area (Å²) in [7, 11) is 0. The zero-order valence-electron chi connectivity index (χ0n) is 12.1. The fourth-order valence-corrected chi connectivity index (χ4v) is 2.59. The van der Waals surface area contributed by atoms with Crippen molar-refractivity contribution in [3.05, 3.63) is 34.9 Å². The van der Waals surface area contributed by atoms with Gasteiger partial charge in [-0.25, -0.2) is 0 Å². The number of carbonyl (C=O) groups excluding carboxylic acids is 1. The number of hydrogen-bond acceptors (Lipinski definition) is 2. The first kappa shape index (κ1) is 17.3. The van der Waals surface area contributed by atoms with E-state index in [1.807, 2.05) is 30.0 Å². The van der Waals surface area contributed by atoms with Crippen LogP contribution in [0.2, 0.25) is 0 Å². The molecule has 1 amide bonds. The second kappa shape index (κ2) is 7.87. The van der Waals surface area contributed by atoms with Crippen molar-refractivity contribution in [2.45, 2.75) is 13.8 Å². The Bertz CT molecular complexity index is 457. The van der Waals surface area contributed by atoms with Crippen molar-refractivity contribution in [1.82, 2.24) is 9.80 Å². The summed E-state index contributed by atoms with van der Waals surface area (Å²) in [5.74, 6) is 0.805. The molecule has 1 saturated heterocycles. The molecule has 1 heterocycles. The molecular weight excluding hydrogens is 295 g/mol. The first-order chi connectivity index (χ1) is 9.11. The van der Waals surface area contributed by atoms with E-state index in [4.69, 9.17) is 11.6 Å². The molecule has 0 aliphatic carbocycles. The van der Waals surface area contributed by atoms with Crippen LogP contribution in [0.4, 0.5) is 0 Å². The quantitative estimate of drug-likeness (QED) is 0.800. The zero-order valence-corrected chi connectivity index (χ0v) is 13.6. The van der Waals surface area contributed by atoms with Gasteiger partial charge in [0.25, 0.3) is 5.91 Å². The van der Waals surface area contributed by atoms with Crippen LogP contribution in [0.5, 0.6) is 0 Å². The fraction of sp³-hybridized carbons (Fsp3) is 0.533. The van der Waals surface area contributed by atoms with Crippen molar-refractivity contribution >= 4 is 29.9 Å². The van der Waals surface area contributed by atoms with E-state index in [2.05, 4.69) is 11.8 Å². The van der Waals surface area contributed by atoms with Crippen LogP contribution in [-0.2, 0) is 0 Å². The minimum absolute atomic E-state index is 0. The highest BCUT2D eigenvalue weighted by atomic mass is 35.5. The Balaban J connectivity index is 0.00000200. The summed E-state index contributed by atoms with van der Waals surface area (Å²) in [5.41, 5.74) is 3.20. The second-order valence-electron chi connectivity index (χ2n) is 5.12. The summed E-state index contributed by atoms with van der Waals surface area (Å²) >= 11 is 5.74. The zero-order chi connectivity index (χ0) is 13.8. The minimum atomic E-state index is 0. The smallest absolute Gasteiger partial charge is 0.253 e. The lowest BCUT2D eigenvalue weighted by molar-refractivity contribution is 0.0644. The number of amides is 1. The monoisotopic (exact) mass is 316 g/mol. The standard InChI is InChI=1S/C15H21ClN2O.ClH/c1-12-3-4-14(11-13(12)2)15(19)18-9-7-17(6-5-16)8-10-18;/h3-4,11H,5-10H2,1-2H3;1H. The molecule has 1 aromatic rings. The van der Waals surface area contributed by atoms with Crippen LogP contribution in [0.25, 0.3) is 0 Å². The van der Waals surface area contributed by atoms with Crippen LogP contribution in [-0.4, -0.2) is 54.3 Å². The van der Waals surface area contributed by atoms with E-state index in [0.29, 0.717) is 5.88 Å². The van der Waals surface area contributed by atoms with Crippen LogP contribution in [0.1, 0.15) is 21.5 Å². The molecule has 0 unspecified atom stereocenters. The van der Waals surface area contributed by atoms with Gasteiger partial charge < -0.3 is 4.90 Å². The lowest BCUT2D eigenvalue weighted by Crippen LogP contribution is -2.49. The number of benzene rings is 1. The number of nitrogens with zero attached hydrogens (tertiary/aromatic N) is 2. The molecule has 0 radical (unpaired) electrons. The Kier molecular flexibility index (Phi) is 6.80. The lowest BCUT2D eigenvalue weighted by Gasteiger charge is -2.34. The highest BCUT2D eigenvalue weighted by Gasteiger charge is 2.21. The number of piperazine rings is 1. The van der Waals surface area contributed by atoms with E-state index < -0.39 is 0 Å². The summed E-state index contributed by atoms with van der Waals surface area (Å²) in [6.07, 6.45) is 0. The number of halogens is 2. The maximum absolute atomic E-state index is 12.4. The van der Waals surface area contributed by atoms with E-state index >= 15 is 0 Å². The number of rotatable bonds is 3. The van der Waals surface area contributed by atoms with Gasteiger partial charge in [-0.15, -0.1) is 24.0 Å². The molecule has 1 aromatic carbocycles. The van der Waals surface area contributed by atoms with Crippen molar-refractivity contribution in [3.63, 3.8) is 0 Å². The van der Waals surface area contributed by atoms with E-state index in [0.717, 1.165) is 38.3 Å². The Morgan fingerprint density at radius 1 is 1.15 bits per heavy atom. The van der Waals surface area contributed by atoms with Gasteiger partial charge in [0.2, 0.25) is 0 Å². The SMILES string of the molecule is Cc1ccc(C(=O)N2CCN(CCCl)CC2)cc1C.Cl. The Morgan fingerprint density at radius 2 is 1.80 bits per heavy atom. The Morgan fingerprint density at radius 3 is 2.35 bits per heavy atom. The minimum Gasteiger partial charge on any atom is -0.336 e. The van der Waals surface area contributed by atoms with Crippen molar-refractivity contribution in [3.8, 4) is 0 Å². The molecule has 2 rings (SSSR count). The summed E-state index contributed by atoms with van der Waals surface area (Å²) in [4.78, 5) is 16.7. The molecule has 1 fully saturated rings. The lowest BCUT2D eigenvalue weighted by atomic mass is 10.1. The van der Waals surface area contributed by atoms with Gasteiger partial charge >= 0.3 is 0 Å². The van der Waals surface area contributed by atoms with Gasteiger partial charge in [0.1, 0.15) is 0 Å². The molecule has 0 saturated carbocycles. The van der Waals surface area contributed by atoms with Crippen molar-refractivity contribution in [2.75, 3.05) is 38.6 Å². The van der Waals surface area contributed by atoms with Crippen molar-refractivity contribution in [2.24, 2.45) is 0 Å². The normalized spacial score (nSPS) is 15.8. The van der Waals surface area contributed by atoms with Crippen LogP contribution in [0.15, 0.2) is 18.2 Å². The molecule has 0 N–H and O–H groups in total. The van der Waals surface area contributed by atoms with E-state index in [-0.39, 0.29) is 18.3 Å². The number of carbonyl (C=O) groups is 1. The van der Waals surface area contributed by atoms with Gasteiger partial charge in [0.15, 0.2) is 0 Å². The number of alkyl halides is 1. The predicted molar refractivity (Wildman–Crippen MR) is 86.2 cm³/mol. The molecule has 0 spiro atoms. The fourth-order valence-electron chi connectivity index (χ4n) is 2.35. The van der Waals surface area contributed by atoms with E-state index in [1.165, 1.54) is 11.1 Å². The first-order valence-electron chi connectivity index (χ1n) is 6.76. The highest BCUT2D eigenvalue weighted by Crippen LogP contribution is 2.13. The molecule has 0 atom stereocenters. The summed E-state index contributed by atoms with van der Waals surface area (Å²) in [6.45, 7) is 8.45. The van der Waals surface area contributed by atoms with Crippen LogP contribution in [0, 0.1) is 13.8 Å². The molecule has 0 bridgehead atoms. The third-order valence-electron chi connectivity index (χ3n) is 3.81. The second-order valence-corrected chi connectivity index (χ2v) is 5.50. The Labute approximate surface area is 132 Å². The molecule has 1 aliphatic heterocycles. The average molecular weight is 317 g/mol. The van der Waals surface area contributed by atoms with Gasteiger partial charge in [-0.3, -0.25) is 9.69 Å². The molecule has 1 aliphatic rings. The van der Waals surface area contributed by atoms with Crippen molar-refractivity contribution in [1.29, 1.82) is 0 Å². The maximum atomic E-state index is 12.4. The molecule has 3 nitrogen and oxygen atoms in total. The molecule has 20 heavy (non-hydrogen) atoms. The van der Waals surface area contributed by atoms with E-state index in [9.17, 15) is 4.79 Å². The maximum Gasteiger partial charge on any atom is 0.253 e. The van der Waals surface area contributed by atoms with Gasteiger partial charge in [0.05, 0.1) is 0 Å². The summed E-state index contributed by atoms with van der Waals surface area (Å²) in [5, 5.41) is 0. The summed E-state index contributed by atoms with van der Waals surface area (Å²) < 4.78 is 0. The predicted octanol–water partition coefficient (Wildman–Crippen LogP) is 2.72. The number of hydrogen-bond donors (Lipinski definition) is 0. The van der Waals surface area contributed by atoms with Gasteiger partial charge in [-0.1, -0.05) is 6.07 Å². The third-order valence-corrected chi connectivity index (χ3v) is 3.98. The van der Waals surface area contributed by atoms with Gasteiger partial charge in [-0.05, 0) is 37.1 Å². The highest BCUT2D eigenvalue weighted by molar-refractivity contribution is 6.18. The molecular formula is C15H22Cl2N2O. The average Bonchev–Trinajstić information content (AvgIpc) is 2.42. The van der Waals surface area contributed by atoms with Gasteiger partial charge in [0, 0.05) is 44.2 Å². The third kappa shape index (κ3) is 4.11. The van der Waals surface area contributed by atoms with Gasteiger partial charge in [-0.2, -0.15) is 0 Å². The summed E-state index contributed by atoms with van der Waals surface area (Å²) in [6, 6.07) is 5.94. The van der Waals surface area contributed by atoms with Crippen LogP contribution in [0.3, 0.4) is 0 Å². The molecule has 5 heteroatoms. The van der Waals surface area contributed by atoms with Crippen LogP contribution < -0.4 is 0 Å². The van der Waals surface area contributed by atoms with E-state index in [1.54, 1.807) is 0 Å². The first-order valence-corrected chi connectivity index (χ1v) is 7.30. The topological polar surface area (TPSA) is 23.6 Å². The Hall–Kier alpha value is -0.770. The molecule has 112 valence electrons. The number of aryl methyl sites for hydroxylation is 2. The van der Waals surface area contributed by atoms with Crippen LogP contribution >= 0.6 is 24.0 Å². The molecule has 0 aromatic heterocycles.